The molecule has 6 nitrogen and oxygen atoms in total. The fourth-order valence-electron chi connectivity index (χ4n) is 4.20. The molecule has 3 heterocycles. The lowest BCUT2D eigenvalue weighted by Crippen LogP contribution is -2.40. The lowest BCUT2D eigenvalue weighted by molar-refractivity contribution is 0.260. The van der Waals surface area contributed by atoms with Crippen LogP contribution in [0.15, 0.2) is 30.5 Å². The van der Waals surface area contributed by atoms with Gasteiger partial charge in [0.25, 0.3) is 0 Å². The van der Waals surface area contributed by atoms with E-state index in [9.17, 15) is 9.50 Å². The minimum atomic E-state index is -0.450. The van der Waals surface area contributed by atoms with Crippen LogP contribution in [0.5, 0.6) is 5.75 Å². The molecule has 0 amide bonds. The average Bonchev–Trinajstić information content (AvgIpc) is 3.39. The molecule has 1 aliphatic heterocycles. The number of hydrogen-bond acceptors (Lipinski definition) is 5. The van der Waals surface area contributed by atoms with E-state index in [1.807, 2.05) is 22.7 Å². The second-order valence-corrected chi connectivity index (χ2v) is 8.05. The van der Waals surface area contributed by atoms with E-state index < -0.39 is 5.82 Å². The number of anilines is 1. The molecule has 0 bridgehead atoms. The Morgan fingerprint density at radius 1 is 1.21 bits per heavy atom. The number of aromatic nitrogens is 3. The molecule has 3 aromatic rings. The largest absolute Gasteiger partial charge is 0.507 e. The lowest BCUT2D eigenvalue weighted by Gasteiger charge is -2.30. The van der Waals surface area contributed by atoms with Crippen LogP contribution in [0.25, 0.3) is 16.8 Å². The van der Waals surface area contributed by atoms with E-state index in [4.69, 9.17) is 0 Å². The van der Waals surface area contributed by atoms with Crippen molar-refractivity contribution in [2.45, 2.75) is 37.6 Å². The van der Waals surface area contributed by atoms with Crippen LogP contribution in [0.3, 0.4) is 0 Å². The number of rotatable bonds is 4. The van der Waals surface area contributed by atoms with Gasteiger partial charge < -0.3 is 15.3 Å². The third-order valence-electron chi connectivity index (χ3n) is 5.80. The van der Waals surface area contributed by atoms with E-state index in [0.29, 0.717) is 23.6 Å². The highest BCUT2D eigenvalue weighted by atomic mass is 19.1. The summed E-state index contributed by atoms with van der Waals surface area (Å²) >= 11 is 0. The zero-order valence-electron chi connectivity index (χ0n) is 15.9. The van der Waals surface area contributed by atoms with Crippen LogP contribution in [0, 0.1) is 5.82 Å². The molecule has 0 unspecified atom stereocenters. The molecule has 5 rings (SSSR count). The predicted octanol–water partition coefficient (Wildman–Crippen LogP) is 3.62. The Morgan fingerprint density at radius 2 is 2.07 bits per heavy atom. The van der Waals surface area contributed by atoms with Crippen molar-refractivity contribution in [3.63, 3.8) is 0 Å². The van der Waals surface area contributed by atoms with Gasteiger partial charge in [-0.15, -0.1) is 10.2 Å². The monoisotopic (exact) mass is 381 g/mol. The summed E-state index contributed by atoms with van der Waals surface area (Å²) in [6.07, 6.45) is 6.21. The molecule has 2 fully saturated rings. The van der Waals surface area contributed by atoms with Crippen molar-refractivity contribution in [1.29, 1.82) is 0 Å². The lowest BCUT2D eigenvalue weighted by atomic mass is 10.0. The second-order valence-electron chi connectivity index (χ2n) is 8.05. The van der Waals surface area contributed by atoms with Crippen molar-refractivity contribution in [1.82, 2.24) is 19.5 Å². The van der Waals surface area contributed by atoms with Crippen LogP contribution in [0.1, 0.15) is 37.2 Å². The summed E-state index contributed by atoms with van der Waals surface area (Å²) in [6, 6.07) is 7.25. The standard InChI is InChI=1S/C21H24FN5O/c1-26-8-2-4-15(12-26)23-21-25-24-20(17-5-3-9-27(17)21)19-16(22)10-14(11-18(19)28)13-6-7-13/h3,5,9-11,13,15,28H,2,4,6-8,12H2,1H3,(H,23,25)/t15-/m1/s1. The molecular formula is C21H24FN5O. The van der Waals surface area contributed by atoms with Gasteiger partial charge in [0.05, 0.1) is 11.1 Å². The Bertz CT molecular complexity index is 1010. The van der Waals surface area contributed by atoms with Crippen molar-refractivity contribution in [2.24, 2.45) is 0 Å². The van der Waals surface area contributed by atoms with Gasteiger partial charge >= 0.3 is 0 Å². The highest BCUT2D eigenvalue weighted by molar-refractivity contribution is 5.81. The molecule has 7 heteroatoms. The van der Waals surface area contributed by atoms with Gasteiger partial charge in [-0.25, -0.2) is 4.39 Å². The fourth-order valence-corrected chi connectivity index (χ4v) is 4.20. The number of halogens is 1. The Labute approximate surface area is 163 Å². The number of fused-ring (bicyclic) bond motifs is 1. The third kappa shape index (κ3) is 3.09. The maximum Gasteiger partial charge on any atom is 0.228 e. The smallest absolute Gasteiger partial charge is 0.228 e. The normalized spacial score (nSPS) is 20.6. The molecule has 146 valence electrons. The minimum Gasteiger partial charge on any atom is -0.507 e. The van der Waals surface area contributed by atoms with Crippen LogP contribution in [0.2, 0.25) is 0 Å². The van der Waals surface area contributed by atoms with Crippen molar-refractivity contribution >= 4 is 11.5 Å². The van der Waals surface area contributed by atoms with Gasteiger partial charge in [0.1, 0.15) is 17.3 Å². The van der Waals surface area contributed by atoms with Crippen LogP contribution >= 0.6 is 0 Å². The molecule has 0 spiro atoms. The predicted molar refractivity (Wildman–Crippen MR) is 106 cm³/mol. The van der Waals surface area contributed by atoms with Crippen LogP contribution in [0.4, 0.5) is 10.3 Å². The number of hydrogen-bond donors (Lipinski definition) is 2. The van der Waals surface area contributed by atoms with Gasteiger partial charge in [-0.05, 0) is 75.0 Å². The van der Waals surface area contributed by atoms with E-state index in [0.717, 1.165) is 49.9 Å². The van der Waals surface area contributed by atoms with Gasteiger partial charge in [-0.1, -0.05) is 0 Å². The zero-order chi connectivity index (χ0) is 19.3. The molecule has 2 N–H and O–H groups in total. The van der Waals surface area contributed by atoms with Gasteiger partial charge in [0, 0.05) is 18.8 Å². The van der Waals surface area contributed by atoms with Gasteiger partial charge in [0.2, 0.25) is 5.95 Å². The molecule has 1 atom stereocenters. The van der Waals surface area contributed by atoms with E-state index in [1.165, 1.54) is 6.07 Å². The summed E-state index contributed by atoms with van der Waals surface area (Å²) in [4.78, 5) is 2.30. The van der Waals surface area contributed by atoms with Crippen molar-refractivity contribution < 1.29 is 9.50 Å². The molecule has 1 saturated heterocycles. The van der Waals surface area contributed by atoms with Crippen molar-refractivity contribution in [3.05, 3.63) is 41.8 Å². The number of phenolic OH excluding ortho intramolecular Hbond substituents is 1. The molecular weight excluding hydrogens is 357 g/mol. The van der Waals surface area contributed by atoms with Crippen molar-refractivity contribution in [3.8, 4) is 17.0 Å². The quantitative estimate of drug-likeness (QED) is 0.723. The van der Waals surface area contributed by atoms with E-state index >= 15 is 0 Å². The van der Waals surface area contributed by atoms with Crippen molar-refractivity contribution in [2.75, 3.05) is 25.5 Å². The molecule has 1 saturated carbocycles. The number of nitrogens with one attached hydrogen (secondary N) is 1. The number of aromatic hydroxyl groups is 1. The highest BCUT2D eigenvalue weighted by Gasteiger charge is 2.27. The zero-order valence-corrected chi connectivity index (χ0v) is 15.9. The molecule has 28 heavy (non-hydrogen) atoms. The first kappa shape index (κ1) is 17.4. The summed E-state index contributed by atoms with van der Waals surface area (Å²) in [5.41, 5.74) is 2.05. The highest BCUT2D eigenvalue weighted by Crippen LogP contribution is 2.44. The summed E-state index contributed by atoms with van der Waals surface area (Å²) in [7, 11) is 2.12. The fraction of sp³-hybridized carbons (Fsp3) is 0.429. The second kappa shape index (κ2) is 6.74. The number of benzene rings is 1. The molecule has 1 aromatic carbocycles. The topological polar surface area (TPSA) is 65.7 Å². The minimum absolute atomic E-state index is 0.0751. The van der Waals surface area contributed by atoms with Crippen LogP contribution in [-0.2, 0) is 0 Å². The van der Waals surface area contributed by atoms with Crippen LogP contribution < -0.4 is 5.32 Å². The molecule has 0 radical (unpaired) electrons. The number of piperidine rings is 1. The SMILES string of the molecule is CN1CCC[C@@H](Nc2nnc(-c3c(O)cc(C4CC4)cc3F)c3cccn23)C1. The first-order chi connectivity index (χ1) is 13.6. The summed E-state index contributed by atoms with van der Waals surface area (Å²) in [6.45, 7) is 2.06. The molecule has 2 aliphatic rings. The third-order valence-corrected chi connectivity index (χ3v) is 5.80. The summed E-state index contributed by atoms with van der Waals surface area (Å²) in [5.74, 6) is 0.482. The Morgan fingerprint density at radius 3 is 2.82 bits per heavy atom. The molecule has 2 aromatic heterocycles. The van der Waals surface area contributed by atoms with Crippen LogP contribution in [-0.4, -0.2) is 50.8 Å². The van der Waals surface area contributed by atoms with Gasteiger partial charge in [0.15, 0.2) is 0 Å². The van der Waals surface area contributed by atoms with E-state index in [-0.39, 0.29) is 11.3 Å². The van der Waals surface area contributed by atoms with E-state index in [2.05, 4.69) is 27.5 Å². The Kier molecular flexibility index (Phi) is 4.19. The average molecular weight is 381 g/mol. The number of likely N-dealkylation sites (N-methyl/N-ethyl adjacent to an activating group) is 1. The molecule has 1 aliphatic carbocycles. The maximum atomic E-state index is 14.9. The maximum absolute atomic E-state index is 14.9. The van der Waals surface area contributed by atoms with Gasteiger partial charge in [-0.3, -0.25) is 4.40 Å². The van der Waals surface area contributed by atoms with E-state index in [1.54, 1.807) is 6.07 Å². The first-order valence-electron chi connectivity index (χ1n) is 9.92. The Balaban J connectivity index is 1.53. The summed E-state index contributed by atoms with van der Waals surface area (Å²) < 4.78 is 16.8. The summed E-state index contributed by atoms with van der Waals surface area (Å²) in [5, 5.41) is 22.6. The Hall–Kier alpha value is -2.67. The number of nitrogens with zero attached hydrogens (tertiary/aromatic N) is 4. The van der Waals surface area contributed by atoms with Gasteiger partial charge in [-0.2, -0.15) is 0 Å². The number of likely N-dealkylation sites (tertiary alicyclic amines) is 1. The first-order valence-corrected chi connectivity index (χ1v) is 9.92. The number of phenols is 1.